The van der Waals surface area contributed by atoms with Crippen molar-refractivity contribution in [3.05, 3.63) is 40.8 Å². The lowest BCUT2D eigenvalue weighted by atomic mass is 9.79. The fraction of sp³-hybridized carbons (Fsp3) is 0.522. The van der Waals surface area contributed by atoms with Crippen LogP contribution in [-0.2, 0) is 18.3 Å². The Labute approximate surface area is 161 Å². The largest absolute Gasteiger partial charge is 0.481 e. The summed E-state index contributed by atoms with van der Waals surface area (Å²) in [5.41, 5.74) is 6.39. The first-order chi connectivity index (χ1) is 13.2. The minimum absolute atomic E-state index is 0.0122. The summed E-state index contributed by atoms with van der Waals surface area (Å²) in [6.45, 7) is 2.29. The van der Waals surface area contributed by atoms with Gasteiger partial charge in [0.05, 0.1) is 18.4 Å². The van der Waals surface area contributed by atoms with Gasteiger partial charge in [-0.25, -0.2) is 4.98 Å². The predicted molar refractivity (Wildman–Crippen MR) is 106 cm³/mol. The van der Waals surface area contributed by atoms with Crippen LogP contribution in [0.2, 0.25) is 0 Å². The normalized spacial score (nSPS) is 18.4. The van der Waals surface area contributed by atoms with Crippen molar-refractivity contribution in [2.24, 2.45) is 0 Å². The van der Waals surface area contributed by atoms with Gasteiger partial charge in [0.25, 0.3) is 0 Å². The highest BCUT2D eigenvalue weighted by molar-refractivity contribution is 5.76. The molecule has 4 nitrogen and oxygen atoms in total. The molecule has 2 heterocycles. The van der Waals surface area contributed by atoms with Crippen molar-refractivity contribution in [2.75, 3.05) is 7.11 Å². The maximum atomic E-state index is 10.2. The highest BCUT2D eigenvalue weighted by atomic mass is 16.5. The molecule has 0 radical (unpaired) electrons. The number of rotatable bonds is 3. The van der Waals surface area contributed by atoms with Gasteiger partial charge in [0.1, 0.15) is 6.07 Å². The van der Waals surface area contributed by atoms with Gasteiger partial charge in [0.15, 0.2) is 0 Å². The summed E-state index contributed by atoms with van der Waals surface area (Å²) in [4.78, 5) is 9.42. The van der Waals surface area contributed by atoms with E-state index in [9.17, 15) is 5.26 Å². The number of aryl methyl sites for hydroxylation is 1. The zero-order chi connectivity index (χ0) is 18.9. The Morgan fingerprint density at radius 3 is 2.63 bits per heavy atom. The molecule has 1 fully saturated rings. The van der Waals surface area contributed by atoms with E-state index in [1.54, 1.807) is 13.3 Å². The monoisotopic (exact) mass is 361 g/mol. The molecule has 0 amide bonds. The van der Waals surface area contributed by atoms with Crippen molar-refractivity contribution in [1.82, 2.24) is 9.97 Å². The van der Waals surface area contributed by atoms with Gasteiger partial charge in [0, 0.05) is 28.9 Å². The number of aromatic nitrogens is 2. The van der Waals surface area contributed by atoms with Crippen LogP contribution in [0.15, 0.2) is 18.3 Å². The lowest BCUT2D eigenvalue weighted by Gasteiger charge is -2.27. The van der Waals surface area contributed by atoms with Crippen LogP contribution in [0.25, 0.3) is 11.1 Å². The third kappa shape index (κ3) is 3.20. The number of ether oxygens (including phenoxy) is 1. The molecule has 4 heteroatoms. The smallest absolute Gasteiger partial charge is 0.213 e. The third-order valence-electron chi connectivity index (χ3n) is 6.35. The zero-order valence-corrected chi connectivity index (χ0v) is 16.3. The molecule has 0 N–H and O–H groups in total. The van der Waals surface area contributed by atoms with E-state index in [1.165, 1.54) is 36.9 Å². The Balaban J connectivity index is 2.01. The Hall–Kier alpha value is -2.41. The molecule has 4 rings (SSSR count). The minimum atomic E-state index is 0.0122. The molecule has 140 valence electrons. The van der Waals surface area contributed by atoms with Crippen LogP contribution >= 0.6 is 0 Å². The second kappa shape index (κ2) is 7.31. The van der Waals surface area contributed by atoms with E-state index in [1.807, 2.05) is 12.1 Å². The molecule has 0 saturated heterocycles. The SMILES string of the molecule is COc1cc(-c2c(C#N)c(C3(C)CCCC3)nc3c2CCCCC3)ccn1. The topological polar surface area (TPSA) is 58.8 Å². The molecular formula is C23H27N3O. The van der Waals surface area contributed by atoms with Gasteiger partial charge >= 0.3 is 0 Å². The fourth-order valence-electron chi connectivity index (χ4n) is 4.85. The van der Waals surface area contributed by atoms with Crippen LogP contribution in [0, 0.1) is 11.3 Å². The third-order valence-corrected chi connectivity index (χ3v) is 6.35. The molecule has 0 unspecified atom stereocenters. The van der Waals surface area contributed by atoms with Gasteiger partial charge in [-0.2, -0.15) is 5.26 Å². The standard InChI is InChI=1S/C23H27N3O/c1-23(11-6-7-12-23)22-18(15-24)21(16-10-13-25-20(14-16)27-2)17-8-4-3-5-9-19(17)26-22/h10,13-14H,3-9,11-12H2,1-2H3. The van der Waals surface area contributed by atoms with Gasteiger partial charge in [0.2, 0.25) is 5.88 Å². The summed E-state index contributed by atoms with van der Waals surface area (Å²) < 4.78 is 5.36. The highest BCUT2D eigenvalue weighted by Gasteiger charge is 2.36. The number of nitrogens with zero attached hydrogens (tertiary/aromatic N) is 3. The van der Waals surface area contributed by atoms with Crippen LogP contribution in [-0.4, -0.2) is 17.1 Å². The number of nitriles is 1. The molecule has 0 aliphatic heterocycles. The Morgan fingerprint density at radius 1 is 1.11 bits per heavy atom. The second-order valence-electron chi connectivity index (χ2n) is 8.16. The number of hydrogen-bond donors (Lipinski definition) is 0. The molecule has 0 bridgehead atoms. The van der Waals surface area contributed by atoms with Crippen LogP contribution in [0.1, 0.15) is 74.4 Å². The summed E-state index contributed by atoms with van der Waals surface area (Å²) in [6.07, 6.45) is 12.0. The second-order valence-corrected chi connectivity index (χ2v) is 8.16. The summed E-state index contributed by atoms with van der Waals surface area (Å²) in [6, 6.07) is 6.51. The van der Waals surface area contributed by atoms with E-state index in [0.717, 1.165) is 54.5 Å². The van der Waals surface area contributed by atoms with Crippen molar-refractivity contribution >= 4 is 0 Å². The van der Waals surface area contributed by atoms with Gasteiger partial charge in [-0.3, -0.25) is 4.98 Å². The highest BCUT2D eigenvalue weighted by Crippen LogP contribution is 2.45. The molecule has 0 spiro atoms. The van der Waals surface area contributed by atoms with Crippen LogP contribution < -0.4 is 4.74 Å². The van der Waals surface area contributed by atoms with Crippen molar-refractivity contribution in [2.45, 2.75) is 70.1 Å². The average Bonchev–Trinajstić information content (AvgIpc) is 3.01. The zero-order valence-electron chi connectivity index (χ0n) is 16.3. The van der Waals surface area contributed by atoms with Crippen molar-refractivity contribution in [1.29, 1.82) is 5.26 Å². The summed E-state index contributed by atoms with van der Waals surface area (Å²) in [7, 11) is 1.63. The molecule has 1 saturated carbocycles. The lowest BCUT2D eigenvalue weighted by Crippen LogP contribution is -2.23. The van der Waals surface area contributed by atoms with E-state index in [-0.39, 0.29) is 5.41 Å². The minimum Gasteiger partial charge on any atom is -0.481 e. The molecule has 0 atom stereocenters. The van der Waals surface area contributed by atoms with Crippen molar-refractivity contribution in [3.63, 3.8) is 0 Å². The number of fused-ring (bicyclic) bond motifs is 1. The van der Waals surface area contributed by atoms with Gasteiger partial charge in [-0.05, 0) is 55.7 Å². The van der Waals surface area contributed by atoms with Gasteiger partial charge < -0.3 is 4.74 Å². The molecule has 27 heavy (non-hydrogen) atoms. The first-order valence-corrected chi connectivity index (χ1v) is 10.1. The number of hydrogen-bond acceptors (Lipinski definition) is 4. The number of pyridine rings is 2. The van der Waals surface area contributed by atoms with Crippen molar-refractivity contribution in [3.8, 4) is 23.1 Å². The summed E-state index contributed by atoms with van der Waals surface area (Å²) in [5.74, 6) is 0.587. The van der Waals surface area contributed by atoms with E-state index >= 15 is 0 Å². The predicted octanol–water partition coefficient (Wildman–Crippen LogP) is 5.12. The van der Waals surface area contributed by atoms with E-state index in [2.05, 4.69) is 18.0 Å². The van der Waals surface area contributed by atoms with Crippen LogP contribution in [0.4, 0.5) is 0 Å². The lowest BCUT2D eigenvalue weighted by molar-refractivity contribution is 0.398. The van der Waals surface area contributed by atoms with Crippen LogP contribution in [0.3, 0.4) is 0 Å². The van der Waals surface area contributed by atoms with E-state index < -0.39 is 0 Å². The van der Waals surface area contributed by atoms with E-state index in [4.69, 9.17) is 9.72 Å². The Morgan fingerprint density at radius 2 is 1.89 bits per heavy atom. The van der Waals surface area contributed by atoms with Gasteiger partial charge in [-0.1, -0.05) is 26.2 Å². The Bertz CT molecular complexity index is 891. The van der Waals surface area contributed by atoms with Crippen molar-refractivity contribution < 1.29 is 4.74 Å². The first kappa shape index (κ1) is 18.0. The molecule has 2 aromatic heterocycles. The summed E-state index contributed by atoms with van der Waals surface area (Å²) in [5, 5.41) is 10.2. The quantitative estimate of drug-likeness (QED) is 0.712. The maximum absolute atomic E-state index is 10.2. The maximum Gasteiger partial charge on any atom is 0.213 e. The molecule has 2 aliphatic carbocycles. The first-order valence-electron chi connectivity index (χ1n) is 10.1. The van der Waals surface area contributed by atoms with Gasteiger partial charge in [-0.15, -0.1) is 0 Å². The van der Waals surface area contributed by atoms with E-state index in [0.29, 0.717) is 5.88 Å². The molecule has 0 aromatic carbocycles. The molecule has 2 aliphatic rings. The Kier molecular flexibility index (Phi) is 4.86. The fourth-order valence-corrected chi connectivity index (χ4v) is 4.85. The average molecular weight is 361 g/mol. The molecular weight excluding hydrogens is 334 g/mol. The molecule has 2 aromatic rings. The van der Waals surface area contributed by atoms with Crippen LogP contribution in [0.5, 0.6) is 5.88 Å². The summed E-state index contributed by atoms with van der Waals surface area (Å²) >= 11 is 0. The number of methoxy groups -OCH3 is 1.